The summed E-state index contributed by atoms with van der Waals surface area (Å²) < 4.78 is 13.5. The highest BCUT2D eigenvalue weighted by Crippen LogP contribution is 2.45. The quantitative estimate of drug-likeness (QED) is 0.506. The van der Waals surface area contributed by atoms with Crippen LogP contribution in [0.5, 0.6) is 0 Å². The van der Waals surface area contributed by atoms with Crippen molar-refractivity contribution in [2.24, 2.45) is 5.92 Å². The minimum Gasteiger partial charge on any atom is -0.411 e. The Morgan fingerprint density at radius 3 is 1.58 bits per heavy atom. The van der Waals surface area contributed by atoms with Crippen LogP contribution in [0.25, 0.3) is 0 Å². The lowest BCUT2D eigenvalue weighted by atomic mass is 10.1. The molecule has 1 saturated carbocycles. The van der Waals surface area contributed by atoms with Crippen molar-refractivity contribution >= 4 is 29.3 Å². The van der Waals surface area contributed by atoms with Gasteiger partial charge in [0.05, 0.1) is 12.2 Å². The van der Waals surface area contributed by atoms with Gasteiger partial charge in [-0.2, -0.15) is 12.6 Å². The molecule has 0 aromatic carbocycles. The van der Waals surface area contributed by atoms with Crippen LogP contribution in [0.4, 0.5) is 0 Å². The van der Waals surface area contributed by atoms with E-state index in [9.17, 15) is 5.11 Å². The first-order valence-corrected chi connectivity index (χ1v) is 15.5. The van der Waals surface area contributed by atoms with Crippen molar-refractivity contribution in [3.63, 3.8) is 0 Å². The van der Waals surface area contributed by atoms with Crippen LogP contribution in [0.3, 0.4) is 0 Å². The fraction of sp³-hybridized carbons (Fsp3) is 1.00. The molecular weight excluding hydrogens is 352 g/mol. The van der Waals surface area contributed by atoms with E-state index in [4.69, 9.17) is 21.5 Å². The van der Waals surface area contributed by atoms with Crippen LogP contribution in [-0.4, -0.2) is 45.8 Å². The van der Waals surface area contributed by atoms with Crippen LogP contribution >= 0.6 is 12.6 Å². The molecule has 0 spiro atoms. The molecule has 1 aliphatic rings. The van der Waals surface area contributed by atoms with Gasteiger partial charge in [0.1, 0.15) is 0 Å². The maximum atomic E-state index is 9.89. The molecule has 0 radical (unpaired) electrons. The second-order valence-electron chi connectivity index (χ2n) is 10.4. The molecule has 0 unspecified atom stereocenters. The highest BCUT2D eigenvalue weighted by atomic mass is 32.1. The molecule has 1 N–H and O–H groups in total. The lowest BCUT2D eigenvalue weighted by Gasteiger charge is -2.44. The van der Waals surface area contributed by atoms with Gasteiger partial charge in [0.2, 0.25) is 0 Å². The molecule has 4 atom stereocenters. The number of aliphatic hydroxyl groups is 1. The molecule has 1 fully saturated rings. The average molecular weight is 393 g/mol. The molecule has 6 heteroatoms. The summed E-state index contributed by atoms with van der Waals surface area (Å²) in [7, 11) is -3.84. The van der Waals surface area contributed by atoms with Crippen LogP contribution in [0.2, 0.25) is 36.3 Å². The molecule has 0 aliphatic heterocycles. The van der Waals surface area contributed by atoms with E-state index in [0.717, 1.165) is 6.42 Å². The number of rotatable bonds is 5. The minimum absolute atomic E-state index is 0.0273. The smallest absolute Gasteiger partial charge is 0.192 e. The molecule has 0 aromatic rings. The SMILES string of the molecule is CC(C)(C)[Si](C)(C)O[C@@H]1[C@@H](O[Si](C)(C)C(C)(C)C)[C@H](CO)C[C@@H]1S. The van der Waals surface area contributed by atoms with E-state index in [2.05, 4.69) is 67.7 Å². The third-order valence-electron chi connectivity index (χ3n) is 6.42. The predicted molar refractivity (Wildman–Crippen MR) is 112 cm³/mol. The van der Waals surface area contributed by atoms with Crippen LogP contribution in [0.15, 0.2) is 0 Å². The fourth-order valence-electron chi connectivity index (χ4n) is 2.59. The van der Waals surface area contributed by atoms with Gasteiger partial charge >= 0.3 is 0 Å². The van der Waals surface area contributed by atoms with Crippen molar-refractivity contribution in [2.75, 3.05) is 6.61 Å². The summed E-state index contributed by atoms with van der Waals surface area (Å²) in [5, 5.41) is 10.3. The third-order valence-corrected chi connectivity index (χ3v) is 15.9. The van der Waals surface area contributed by atoms with Crippen molar-refractivity contribution < 1.29 is 14.0 Å². The second-order valence-corrected chi connectivity index (χ2v) is 20.6. The molecule has 0 heterocycles. The molecule has 1 rings (SSSR count). The van der Waals surface area contributed by atoms with Crippen LogP contribution in [-0.2, 0) is 8.85 Å². The number of aliphatic hydroxyl groups excluding tert-OH is 1. The number of hydrogen-bond acceptors (Lipinski definition) is 4. The van der Waals surface area contributed by atoms with Crippen LogP contribution in [0.1, 0.15) is 48.0 Å². The van der Waals surface area contributed by atoms with Crippen molar-refractivity contribution in [1.29, 1.82) is 0 Å². The highest BCUT2D eigenvalue weighted by molar-refractivity contribution is 7.81. The van der Waals surface area contributed by atoms with Crippen molar-refractivity contribution in [3.05, 3.63) is 0 Å². The van der Waals surface area contributed by atoms with Gasteiger partial charge in [0.15, 0.2) is 16.6 Å². The second kappa shape index (κ2) is 7.35. The maximum Gasteiger partial charge on any atom is 0.192 e. The van der Waals surface area contributed by atoms with Gasteiger partial charge in [-0.1, -0.05) is 41.5 Å². The fourth-order valence-corrected chi connectivity index (χ4v) is 5.90. The summed E-state index contributed by atoms with van der Waals surface area (Å²) in [5.41, 5.74) is 0. The first-order valence-electron chi connectivity index (χ1n) is 9.18. The highest BCUT2D eigenvalue weighted by Gasteiger charge is 2.51. The van der Waals surface area contributed by atoms with Crippen molar-refractivity contribution in [3.8, 4) is 0 Å². The zero-order valence-corrected chi connectivity index (χ0v) is 20.3. The largest absolute Gasteiger partial charge is 0.411 e. The summed E-state index contributed by atoms with van der Waals surface area (Å²) in [5.74, 6) is 0.122. The molecule has 144 valence electrons. The van der Waals surface area contributed by atoms with Gasteiger partial charge in [-0.15, -0.1) is 0 Å². The standard InChI is InChI=1S/C18H40O3SSi2/c1-17(2,3)23(7,8)20-15-13(12-19)11-14(22)16(15)21-24(9,10)18(4,5)6/h13-16,19,22H,11-12H2,1-10H3/t13-,14-,15-,16-/m0/s1. The summed E-state index contributed by atoms with van der Waals surface area (Å²) in [6.07, 6.45) is 0.783. The molecule has 24 heavy (non-hydrogen) atoms. The Morgan fingerprint density at radius 1 is 0.875 bits per heavy atom. The van der Waals surface area contributed by atoms with Crippen molar-refractivity contribution in [1.82, 2.24) is 0 Å². The average Bonchev–Trinajstić information content (AvgIpc) is 2.63. The van der Waals surface area contributed by atoms with E-state index in [1.807, 2.05) is 0 Å². The summed E-state index contributed by atoms with van der Waals surface area (Å²) in [4.78, 5) is 0. The number of thiol groups is 1. The summed E-state index contributed by atoms with van der Waals surface area (Å²) in [6, 6.07) is 0. The Bertz CT molecular complexity index is 427. The lowest BCUT2D eigenvalue weighted by Crippen LogP contribution is -2.53. The Labute approximate surface area is 157 Å². The van der Waals surface area contributed by atoms with Gasteiger partial charge in [0.25, 0.3) is 0 Å². The Hall–Kier alpha value is 0.664. The normalized spacial score (nSPS) is 30.0. The molecule has 1 aliphatic carbocycles. The first-order chi connectivity index (χ1) is 10.5. The van der Waals surface area contributed by atoms with Crippen LogP contribution < -0.4 is 0 Å². The summed E-state index contributed by atoms with van der Waals surface area (Å²) in [6.45, 7) is 22.8. The maximum absolute atomic E-state index is 9.89. The molecular formula is C18H40O3SSi2. The molecule has 0 bridgehead atoms. The van der Waals surface area contributed by atoms with E-state index < -0.39 is 16.6 Å². The zero-order chi connectivity index (χ0) is 19.1. The lowest BCUT2D eigenvalue weighted by molar-refractivity contribution is 0.0222. The Morgan fingerprint density at radius 2 is 1.25 bits per heavy atom. The Kier molecular flexibility index (Phi) is 6.95. The van der Waals surface area contributed by atoms with Crippen LogP contribution in [0, 0.1) is 5.92 Å². The zero-order valence-electron chi connectivity index (χ0n) is 17.4. The van der Waals surface area contributed by atoms with Crippen molar-refractivity contribution in [2.45, 2.75) is 102 Å². The molecule has 0 saturated heterocycles. The first kappa shape index (κ1) is 22.7. The van der Waals surface area contributed by atoms with E-state index >= 15 is 0 Å². The van der Waals surface area contributed by atoms with E-state index in [0.29, 0.717) is 0 Å². The third kappa shape index (κ3) is 4.88. The van der Waals surface area contributed by atoms with Gasteiger partial charge in [-0.25, -0.2) is 0 Å². The monoisotopic (exact) mass is 392 g/mol. The predicted octanol–water partition coefficient (Wildman–Crippen LogP) is 5.08. The van der Waals surface area contributed by atoms with E-state index in [1.165, 1.54) is 0 Å². The topological polar surface area (TPSA) is 38.7 Å². The summed E-state index contributed by atoms with van der Waals surface area (Å²) >= 11 is 4.81. The molecule has 3 nitrogen and oxygen atoms in total. The van der Waals surface area contributed by atoms with E-state index in [1.54, 1.807) is 0 Å². The van der Waals surface area contributed by atoms with Gasteiger partial charge in [0, 0.05) is 17.8 Å². The van der Waals surface area contributed by atoms with Gasteiger partial charge in [-0.05, 0) is 42.7 Å². The number of hydrogen-bond donors (Lipinski definition) is 2. The molecule has 0 aromatic heterocycles. The van der Waals surface area contributed by atoms with Gasteiger partial charge in [-0.3, -0.25) is 0 Å². The Balaban J connectivity index is 3.08. The van der Waals surface area contributed by atoms with Gasteiger partial charge < -0.3 is 14.0 Å². The molecule has 0 amide bonds. The van der Waals surface area contributed by atoms with E-state index in [-0.39, 0.29) is 40.1 Å². The minimum atomic E-state index is -1.93.